The van der Waals surface area contributed by atoms with E-state index in [4.69, 9.17) is 15.9 Å². The maximum atomic E-state index is 7.50. The molecule has 0 aliphatic heterocycles. The molecule has 1 saturated carbocycles. The van der Waals surface area contributed by atoms with Crippen LogP contribution >= 0.6 is 0 Å². The van der Waals surface area contributed by atoms with Crippen molar-refractivity contribution in [2.45, 2.75) is 26.2 Å². The van der Waals surface area contributed by atoms with E-state index in [0.29, 0.717) is 5.56 Å². The third kappa shape index (κ3) is 2.75. The molecule has 0 amide bonds. The highest BCUT2D eigenvalue weighted by Crippen LogP contribution is 2.32. The van der Waals surface area contributed by atoms with Gasteiger partial charge in [-0.05, 0) is 31.4 Å². The van der Waals surface area contributed by atoms with Crippen molar-refractivity contribution >= 4 is 5.84 Å². The number of nitrogen functional groups attached to an aromatic ring is 1. The maximum absolute atomic E-state index is 7.50. The molecule has 0 unspecified atom stereocenters. The molecule has 1 aliphatic rings. The summed E-state index contributed by atoms with van der Waals surface area (Å²) in [7, 11) is 0. The average Bonchev–Trinajstić information content (AvgIpc) is 3.04. The van der Waals surface area contributed by atoms with Crippen LogP contribution in [0, 0.1) is 18.3 Å². The molecule has 0 bridgehead atoms. The second kappa shape index (κ2) is 4.56. The summed E-state index contributed by atoms with van der Waals surface area (Å²) in [5.41, 5.74) is 7.33. The van der Waals surface area contributed by atoms with Gasteiger partial charge in [-0.25, -0.2) is 0 Å². The van der Waals surface area contributed by atoms with Gasteiger partial charge < -0.3 is 10.5 Å². The number of ether oxygens (including phenoxy) is 1. The van der Waals surface area contributed by atoms with Crippen LogP contribution in [-0.2, 0) is 0 Å². The Labute approximate surface area is 96.1 Å². The van der Waals surface area contributed by atoms with Crippen LogP contribution < -0.4 is 10.5 Å². The molecule has 1 fully saturated rings. The van der Waals surface area contributed by atoms with Gasteiger partial charge in [-0.3, -0.25) is 5.41 Å². The highest BCUT2D eigenvalue weighted by Gasteiger charge is 2.20. The molecular weight excluding hydrogens is 200 g/mol. The molecule has 0 atom stereocenters. The van der Waals surface area contributed by atoms with Crippen molar-refractivity contribution in [1.82, 2.24) is 0 Å². The molecule has 1 aliphatic carbocycles. The normalized spacial score (nSPS) is 14.8. The summed E-state index contributed by atoms with van der Waals surface area (Å²) in [6.45, 7) is 2.72. The predicted octanol–water partition coefficient (Wildman–Crippen LogP) is 2.46. The molecule has 1 aromatic rings. The summed E-state index contributed by atoms with van der Waals surface area (Å²) in [5.74, 6) is 1.68. The fraction of sp³-hybridized carbons (Fsp3) is 0.462. The van der Waals surface area contributed by atoms with E-state index in [-0.39, 0.29) is 5.84 Å². The number of aryl methyl sites for hydroxylation is 1. The van der Waals surface area contributed by atoms with Gasteiger partial charge in [0.15, 0.2) is 0 Å². The lowest BCUT2D eigenvalue weighted by molar-refractivity contribution is 0.302. The van der Waals surface area contributed by atoms with Gasteiger partial charge in [0.1, 0.15) is 11.6 Å². The highest BCUT2D eigenvalue weighted by molar-refractivity contribution is 5.97. The van der Waals surface area contributed by atoms with Crippen molar-refractivity contribution in [3.63, 3.8) is 0 Å². The molecule has 0 heterocycles. The molecule has 1 aromatic carbocycles. The molecule has 16 heavy (non-hydrogen) atoms. The number of nitrogens with one attached hydrogen (secondary N) is 1. The lowest BCUT2D eigenvalue weighted by atomic mass is 10.1. The van der Waals surface area contributed by atoms with Gasteiger partial charge in [-0.15, -0.1) is 0 Å². The van der Waals surface area contributed by atoms with Gasteiger partial charge in [0.25, 0.3) is 0 Å². The van der Waals surface area contributed by atoms with Gasteiger partial charge in [-0.1, -0.05) is 24.5 Å². The number of nitrogens with two attached hydrogens (primary N) is 1. The third-order valence-electron chi connectivity index (χ3n) is 2.91. The Kier molecular flexibility index (Phi) is 3.13. The van der Waals surface area contributed by atoms with E-state index in [9.17, 15) is 0 Å². The Morgan fingerprint density at radius 3 is 2.88 bits per heavy atom. The Bertz CT molecular complexity index is 397. The second-order valence-electron chi connectivity index (χ2n) is 4.49. The van der Waals surface area contributed by atoms with E-state index in [0.717, 1.165) is 30.3 Å². The van der Waals surface area contributed by atoms with E-state index in [1.807, 2.05) is 25.1 Å². The van der Waals surface area contributed by atoms with Crippen molar-refractivity contribution < 1.29 is 4.74 Å². The largest absolute Gasteiger partial charge is 0.493 e. The summed E-state index contributed by atoms with van der Waals surface area (Å²) in [5, 5.41) is 7.50. The van der Waals surface area contributed by atoms with Crippen LogP contribution in [0.2, 0.25) is 0 Å². The Balaban J connectivity index is 2.02. The number of benzene rings is 1. The van der Waals surface area contributed by atoms with Crippen LogP contribution in [-0.4, -0.2) is 12.4 Å². The lowest BCUT2D eigenvalue weighted by Gasteiger charge is -2.11. The van der Waals surface area contributed by atoms with Crippen LogP contribution in [0.1, 0.15) is 30.4 Å². The van der Waals surface area contributed by atoms with Gasteiger partial charge in [0.2, 0.25) is 0 Å². The third-order valence-corrected chi connectivity index (χ3v) is 2.91. The Morgan fingerprint density at radius 1 is 1.50 bits per heavy atom. The SMILES string of the molecule is Cc1ccc(OCCC2CC2)c(C(=N)N)c1. The van der Waals surface area contributed by atoms with Crippen molar-refractivity contribution in [1.29, 1.82) is 5.41 Å². The van der Waals surface area contributed by atoms with Gasteiger partial charge in [-0.2, -0.15) is 0 Å². The van der Waals surface area contributed by atoms with Crippen molar-refractivity contribution in [2.24, 2.45) is 11.7 Å². The van der Waals surface area contributed by atoms with Crippen LogP contribution in [0.5, 0.6) is 5.75 Å². The summed E-state index contributed by atoms with van der Waals surface area (Å²) >= 11 is 0. The molecule has 3 N–H and O–H groups in total. The van der Waals surface area contributed by atoms with Gasteiger partial charge >= 0.3 is 0 Å². The summed E-state index contributed by atoms with van der Waals surface area (Å²) in [6.07, 6.45) is 3.80. The van der Waals surface area contributed by atoms with E-state index in [1.165, 1.54) is 12.8 Å². The topological polar surface area (TPSA) is 59.1 Å². The first-order chi connectivity index (χ1) is 7.66. The minimum absolute atomic E-state index is 0.0742. The number of rotatable bonds is 5. The van der Waals surface area contributed by atoms with Gasteiger partial charge in [0, 0.05) is 0 Å². The van der Waals surface area contributed by atoms with Gasteiger partial charge in [0.05, 0.1) is 12.2 Å². The first-order valence-corrected chi connectivity index (χ1v) is 5.74. The van der Waals surface area contributed by atoms with E-state index in [2.05, 4.69) is 0 Å². The molecule has 3 heteroatoms. The zero-order chi connectivity index (χ0) is 11.5. The van der Waals surface area contributed by atoms with E-state index in [1.54, 1.807) is 0 Å². The summed E-state index contributed by atoms with van der Waals surface area (Å²) < 4.78 is 5.68. The minimum atomic E-state index is 0.0742. The van der Waals surface area contributed by atoms with Crippen molar-refractivity contribution in [3.8, 4) is 5.75 Å². The summed E-state index contributed by atoms with van der Waals surface area (Å²) in [6, 6.07) is 5.78. The number of hydrogen-bond donors (Lipinski definition) is 2. The zero-order valence-electron chi connectivity index (χ0n) is 9.62. The summed E-state index contributed by atoms with van der Waals surface area (Å²) in [4.78, 5) is 0. The fourth-order valence-corrected chi connectivity index (χ4v) is 1.72. The smallest absolute Gasteiger partial charge is 0.130 e. The zero-order valence-corrected chi connectivity index (χ0v) is 9.62. The van der Waals surface area contributed by atoms with Crippen LogP contribution in [0.25, 0.3) is 0 Å². The molecule has 3 nitrogen and oxygen atoms in total. The second-order valence-corrected chi connectivity index (χ2v) is 4.49. The van der Waals surface area contributed by atoms with E-state index >= 15 is 0 Å². The van der Waals surface area contributed by atoms with Crippen LogP contribution in [0.3, 0.4) is 0 Å². The van der Waals surface area contributed by atoms with Crippen LogP contribution in [0.15, 0.2) is 18.2 Å². The molecular formula is C13H18N2O. The first-order valence-electron chi connectivity index (χ1n) is 5.74. The van der Waals surface area contributed by atoms with Crippen molar-refractivity contribution in [3.05, 3.63) is 29.3 Å². The monoisotopic (exact) mass is 218 g/mol. The number of amidine groups is 1. The predicted molar refractivity (Wildman–Crippen MR) is 65.0 cm³/mol. The van der Waals surface area contributed by atoms with Crippen molar-refractivity contribution in [2.75, 3.05) is 6.61 Å². The molecule has 86 valence electrons. The van der Waals surface area contributed by atoms with E-state index < -0.39 is 0 Å². The Morgan fingerprint density at radius 2 is 2.25 bits per heavy atom. The highest BCUT2D eigenvalue weighted by atomic mass is 16.5. The molecule has 0 saturated heterocycles. The Hall–Kier alpha value is -1.51. The standard InChI is InChI=1S/C13H18N2O/c1-9-2-5-12(11(8-9)13(14)15)16-7-6-10-3-4-10/h2,5,8,10H,3-4,6-7H2,1H3,(H3,14,15). The quantitative estimate of drug-likeness (QED) is 0.589. The first kappa shape index (κ1) is 11.0. The molecule has 2 rings (SSSR count). The molecule has 0 spiro atoms. The molecule has 0 radical (unpaired) electrons. The maximum Gasteiger partial charge on any atom is 0.130 e. The molecule has 0 aromatic heterocycles. The minimum Gasteiger partial charge on any atom is -0.493 e. The number of hydrogen-bond acceptors (Lipinski definition) is 2. The van der Waals surface area contributed by atoms with Crippen LogP contribution in [0.4, 0.5) is 0 Å². The lowest BCUT2D eigenvalue weighted by Crippen LogP contribution is -2.13. The fourth-order valence-electron chi connectivity index (χ4n) is 1.72. The average molecular weight is 218 g/mol.